The van der Waals surface area contributed by atoms with Crippen LogP contribution in [0.25, 0.3) is 21.9 Å². The van der Waals surface area contributed by atoms with Gasteiger partial charge >= 0.3 is 0 Å². The van der Waals surface area contributed by atoms with Crippen LogP contribution in [0.2, 0.25) is 0 Å². The van der Waals surface area contributed by atoms with Gasteiger partial charge in [0.15, 0.2) is 9.84 Å². The number of benzene rings is 2. The highest BCUT2D eigenvalue weighted by Gasteiger charge is 2.23. The molecule has 4 rings (SSSR count). The van der Waals surface area contributed by atoms with Crippen LogP contribution in [-0.4, -0.2) is 36.6 Å². The zero-order chi connectivity index (χ0) is 21.5. The number of hydrogen-bond donors (Lipinski definition) is 1. The topological polar surface area (TPSA) is 85.6 Å². The van der Waals surface area contributed by atoms with Gasteiger partial charge in [0.1, 0.15) is 5.75 Å². The molecule has 0 radical (unpaired) electrons. The second-order valence-electron chi connectivity index (χ2n) is 7.98. The van der Waals surface area contributed by atoms with E-state index in [1.807, 2.05) is 18.2 Å². The van der Waals surface area contributed by atoms with Gasteiger partial charge in [-0.05, 0) is 55.3 Å². The second kappa shape index (κ2) is 7.89. The van der Waals surface area contributed by atoms with E-state index < -0.39 is 9.84 Å². The van der Waals surface area contributed by atoms with Crippen molar-refractivity contribution in [1.82, 2.24) is 4.57 Å². The smallest absolute Gasteiger partial charge is 0.258 e. The van der Waals surface area contributed by atoms with Crippen LogP contribution in [0.4, 0.5) is 0 Å². The Balaban J connectivity index is 1.90. The molecule has 1 aliphatic carbocycles. The molecule has 30 heavy (non-hydrogen) atoms. The lowest BCUT2D eigenvalue weighted by molar-refractivity contribution is 0.0668. The molecule has 158 valence electrons. The molecule has 1 aromatic heterocycles. The summed E-state index contributed by atoms with van der Waals surface area (Å²) in [6.45, 7) is 0. The number of aliphatic hydroxyl groups is 1. The molecule has 0 spiro atoms. The van der Waals surface area contributed by atoms with Crippen LogP contribution in [-0.2, 0) is 16.9 Å². The van der Waals surface area contributed by atoms with E-state index in [4.69, 9.17) is 4.74 Å². The van der Waals surface area contributed by atoms with Crippen LogP contribution in [0.15, 0.2) is 58.4 Å². The number of rotatable bonds is 4. The minimum Gasteiger partial charge on any atom is -0.490 e. The van der Waals surface area contributed by atoms with Crippen molar-refractivity contribution in [3.8, 4) is 16.9 Å². The van der Waals surface area contributed by atoms with Gasteiger partial charge in [-0.1, -0.05) is 18.2 Å². The molecule has 0 amide bonds. The summed E-state index contributed by atoms with van der Waals surface area (Å²) in [4.78, 5) is 12.8. The number of ether oxygens (including phenoxy) is 1. The molecule has 1 heterocycles. The number of aliphatic hydroxyl groups excluding tert-OH is 1. The third kappa shape index (κ3) is 4.00. The van der Waals surface area contributed by atoms with Crippen LogP contribution in [0.3, 0.4) is 0 Å². The van der Waals surface area contributed by atoms with E-state index in [9.17, 15) is 18.3 Å². The predicted molar refractivity (Wildman–Crippen MR) is 117 cm³/mol. The van der Waals surface area contributed by atoms with E-state index in [1.165, 1.54) is 10.8 Å². The zero-order valence-corrected chi connectivity index (χ0v) is 17.9. The van der Waals surface area contributed by atoms with Crippen molar-refractivity contribution in [3.63, 3.8) is 0 Å². The average Bonchev–Trinajstić information content (AvgIpc) is 2.72. The zero-order valence-electron chi connectivity index (χ0n) is 17.0. The fourth-order valence-electron chi connectivity index (χ4n) is 4.03. The highest BCUT2D eigenvalue weighted by atomic mass is 32.2. The van der Waals surface area contributed by atoms with Crippen molar-refractivity contribution in [1.29, 1.82) is 0 Å². The minimum atomic E-state index is -3.42. The average molecular weight is 428 g/mol. The molecule has 0 atom stereocenters. The SMILES string of the molecule is Cn1cc(-c2cc(S(C)(=O)=O)ccc2OC2CCC(O)CC2)c2ccccc2c1=O. The maximum Gasteiger partial charge on any atom is 0.258 e. The molecule has 1 saturated carbocycles. The highest BCUT2D eigenvalue weighted by molar-refractivity contribution is 7.90. The molecule has 0 unspecified atom stereocenters. The lowest BCUT2D eigenvalue weighted by Crippen LogP contribution is -2.26. The molecule has 0 aliphatic heterocycles. The van der Waals surface area contributed by atoms with E-state index in [0.29, 0.717) is 29.5 Å². The van der Waals surface area contributed by atoms with Crippen molar-refractivity contribution < 1.29 is 18.3 Å². The van der Waals surface area contributed by atoms with Gasteiger partial charge in [-0.3, -0.25) is 4.79 Å². The monoisotopic (exact) mass is 427 g/mol. The van der Waals surface area contributed by atoms with Crippen molar-refractivity contribution in [2.75, 3.05) is 6.26 Å². The van der Waals surface area contributed by atoms with E-state index in [0.717, 1.165) is 23.8 Å². The first-order valence-electron chi connectivity index (χ1n) is 10.0. The predicted octanol–water partition coefficient (Wildman–Crippen LogP) is 3.29. The maximum absolute atomic E-state index is 12.6. The lowest BCUT2D eigenvalue weighted by atomic mass is 9.95. The molecule has 1 fully saturated rings. The quantitative estimate of drug-likeness (QED) is 0.691. The molecule has 1 aliphatic rings. The molecule has 7 heteroatoms. The summed E-state index contributed by atoms with van der Waals surface area (Å²) in [5.41, 5.74) is 1.26. The number of hydrogen-bond acceptors (Lipinski definition) is 5. The van der Waals surface area contributed by atoms with E-state index in [-0.39, 0.29) is 22.7 Å². The third-order valence-electron chi connectivity index (χ3n) is 5.70. The molecule has 2 aromatic carbocycles. The normalized spacial score (nSPS) is 19.7. The number of fused-ring (bicyclic) bond motifs is 1. The van der Waals surface area contributed by atoms with Crippen molar-refractivity contribution in [2.45, 2.75) is 42.8 Å². The first kappa shape index (κ1) is 20.6. The summed E-state index contributed by atoms with van der Waals surface area (Å²) in [6, 6.07) is 12.2. The Morgan fingerprint density at radius 3 is 2.33 bits per heavy atom. The van der Waals surface area contributed by atoms with Crippen LogP contribution in [0.5, 0.6) is 5.75 Å². The summed E-state index contributed by atoms with van der Waals surface area (Å²) in [7, 11) is -1.74. The van der Waals surface area contributed by atoms with Crippen LogP contribution in [0.1, 0.15) is 25.7 Å². The van der Waals surface area contributed by atoms with Gasteiger partial charge in [0, 0.05) is 36.0 Å². The van der Waals surface area contributed by atoms with E-state index >= 15 is 0 Å². The molecular weight excluding hydrogens is 402 g/mol. The number of aromatic nitrogens is 1. The Labute approximate surface area is 175 Å². The molecular formula is C23H25NO5S. The van der Waals surface area contributed by atoms with E-state index in [1.54, 1.807) is 37.5 Å². The van der Waals surface area contributed by atoms with Gasteiger partial charge in [0.25, 0.3) is 5.56 Å². The van der Waals surface area contributed by atoms with E-state index in [2.05, 4.69) is 0 Å². The summed E-state index contributed by atoms with van der Waals surface area (Å²) in [6.07, 6.45) is 5.41. The van der Waals surface area contributed by atoms with Crippen molar-refractivity contribution in [3.05, 3.63) is 59.0 Å². The third-order valence-corrected chi connectivity index (χ3v) is 6.81. The van der Waals surface area contributed by atoms with Gasteiger partial charge in [-0.2, -0.15) is 0 Å². The standard InChI is InChI=1S/C23H25NO5S/c1-24-14-21(18-5-3-4-6-19(18)23(24)26)20-13-17(30(2,27)28)11-12-22(20)29-16-9-7-15(25)8-10-16/h3-6,11-16,25H,7-10H2,1-2H3. The Kier molecular flexibility index (Phi) is 5.42. The van der Waals surface area contributed by atoms with Gasteiger partial charge in [-0.25, -0.2) is 8.42 Å². The van der Waals surface area contributed by atoms with Crippen molar-refractivity contribution >= 4 is 20.6 Å². The molecule has 3 aromatic rings. The van der Waals surface area contributed by atoms with Crippen molar-refractivity contribution in [2.24, 2.45) is 7.05 Å². The fraction of sp³-hybridized carbons (Fsp3) is 0.348. The number of nitrogens with zero attached hydrogens (tertiary/aromatic N) is 1. The number of pyridine rings is 1. The van der Waals surface area contributed by atoms with Crippen LogP contribution >= 0.6 is 0 Å². The first-order valence-corrected chi connectivity index (χ1v) is 11.9. The number of sulfone groups is 1. The van der Waals surface area contributed by atoms with Gasteiger partial charge < -0.3 is 14.4 Å². The van der Waals surface area contributed by atoms with Gasteiger partial charge in [0.2, 0.25) is 0 Å². The molecule has 0 saturated heterocycles. The molecule has 1 N–H and O–H groups in total. The van der Waals surface area contributed by atoms with Crippen LogP contribution < -0.4 is 10.3 Å². The highest BCUT2D eigenvalue weighted by Crippen LogP contribution is 2.37. The summed E-state index contributed by atoms with van der Waals surface area (Å²) >= 11 is 0. The first-order chi connectivity index (χ1) is 14.2. The fourth-order valence-corrected chi connectivity index (χ4v) is 4.67. The Hall–Kier alpha value is -2.64. The van der Waals surface area contributed by atoms with Gasteiger partial charge in [0.05, 0.1) is 17.1 Å². The Morgan fingerprint density at radius 2 is 1.67 bits per heavy atom. The van der Waals surface area contributed by atoms with Crippen LogP contribution in [0, 0.1) is 0 Å². The summed E-state index contributed by atoms with van der Waals surface area (Å²) in [5, 5.41) is 11.1. The number of aryl methyl sites for hydroxylation is 1. The van der Waals surface area contributed by atoms with Gasteiger partial charge in [-0.15, -0.1) is 0 Å². The maximum atomic E-state index is 12.6. The molecule has 6 nitrogen and oxygen atoms in total. The Bertz CT molecular complexity index is 1250. The largest absolute Gasteiger partial charge is 0.490 e. The molecule has 0 bridgehead atoms. The summed E-state index contributed by atoms with van der Waals surface area (Å²) < 4.78 is 32.2. The second-order valence-corrected chi connectivity index (χ2v) is 10.00. The Morgan fingerprint density at radius 1 is 1.00 bits per heavy atom. The minimum absolute atomic E-state index is 0.0463. The lowest BCUT2D eigenvalue weighted by Gasteiger charge is -2.27. The summed E-state index contributed by atoms with van der Waals surface area (Å²) in [5.74, 6) is 0.576.